The van der Waals surface area contributed by atoms with Gasteiger partial charge in [0.2, 0.25) is 4.58 Å². The number of hydrogen-bond donors (Lipinski definition) is 2. The Morgan fingerprint density at radius 2 is 1.26 bits per heavy atom. The van der Waals surface area contributed by atoms with Crippen molar-refractivity contribution in [2.75, 3.05) is 11.5 Å². The van der Waals surface area contributed by atoms with Crippen LogP contribution in [0.15, 0.2) is 10.3 Å². The molecule has 0 bridgehead atoms. The summed E-state index contributed by atoms with van der Waals surface area (Å²) in [5.41, 5.74) is 0. The van der Waals surface area contributed by atoms with Crippen LogP contribution < -0.4 is 0 Å². The van der Waals surface area contributed by atoms with Gasteiger partial charge in [0, 0.05) is 0 Å². The molecule has 0 heterocycles. The molecule has 0 aromatic heterocycles. The molecule has 0 atom stereocenters. The van der Waals surface area contributed by atoms with Gasteiger partial charge < -0.3 is 10.4 Å². The number of oxime groups is 2. The molecule has 0 aliphatic carbocycles. The lowest BCUT2D eigenvalue weighted by Gasteiger charge is -2.16. The van der Waals surface area contributed by atoms with E-state index in [0.717, 1.165) is 19.4 Å². The summed E-state index contributed by atoms with van der Waals surface area (Å²) >= 11 is 0. The average molecular weight is 429 g/mol. The van der Waals surface area contributed by atoms with Crippen molar-refractivity contribution in [1.29, 1.82) is 0 Å². The molecule has 0 saturated heterocycles. The Kier molecular flexibility index (Phi) is 14.5. The zero-order valence-corrected chi connectivity index (χ0v) is 17.4. The van der Waals surface area contributed by atoms with Crippen molar-refractivity contribution in [3.05, 3.63) is 0 Å². The van der Waals surface area contributed by atoms with Crippen molar-refractivity contribution in [3.63, 3.8) is 0 Å². The smallest absolute Gasteiger partial charge is 0.220 e. The minimum Gasteiger partial charge on any atom is -0.411 e. The van der Waals surface area contributed by atoms with E-state index in [-0.39, 0.29) is 24.3 Å². The summed E-state index contributed by atoms with van der Waals surface area (Å²) in [6, 6.07) is 0. The number of unbranched alkanes of at least 4 members (excludes halogenated alkanes) is 2. The van der Waals surface area contributed by atoms with E-state index in [4.69, 9.17) is 10.4 Å². The molecule has 0 aliphatic heterocycles. The van der Waals surface area contributed by atoms with Gasteiger partial charge in [0.15, 0.2) is 25.5 Å². The Hall–Kier alpha value is -1.82. The summed E-state index contributed by atoms with van der Waals surface area (Å²) in [5, 5.41) is 20.1. The maximum absolute atomic E-state index is 12.2. The molecule has 27 heavy (non-hydrogen) atoms. The van der Waals surface area contributed by atoms with E-state index >= 15 is 0 Å². The number of nitrogens with zero attached hydrogens (tertiary/aromatic N) is 2. The second-order valence-corrected chi connectivity index (χ2v) is 10.4. The summed E-state index contributed by atoms with van der Waals surface area (Å²) in [5.74, 6) is -2.29. The highest BCUT2D eigenvalue weighted by atomic mass is 32.3. The standard InChI is InChI=1S/C13H24O6S2.C2H4N2O2/c1-4-6-8-20(16,17)13(12(15)10-11(3)14)21(18,19)9-7-5-2;5-3-1-2-4-6/h13H,4-10H2,1-3H3;1-2,5-6H. The highest BCUT2D eigenvalue weighted by molar-refractivity contribution is 8.10. The van der Waals surface area contributed by atoms with E-state index in [1.807, 2.05) is 0 Å². The quantitative estimate of drug-likeness (QED) is 0.202. The number of sulfone groups is 2. The molecule has 0 fully saturated rings. The van der Waals surface area contributed by atoms with Gasteiger partial charge in [-0.2, -0.15) is 0 Å². The summed E-state index contributed by atoms with van der Waals surface area (Å²) in [7, 11) is -8.21. The largest absolute Gasteiger partial charge is 0.411 e. The van der Waals surface area contributed by atoms with Crippen LogP contribution in [0, 0.1) is 0 Å². The number of rotatable bonds is 12. The lowest BCUT2D eigenvalue weighted by atomic mass is 10.2. The number of hydrogen-bond acceptors (Lipinski definition) is 10. The van der Waals surface area contributed by atoms with Crippen LogP contribution in [0.1, 0.15) is 52.9 Å². The monoisotopic (exact) mass is 428 g/mol. The minimum atomic E-state index is -4.11. The van der Waals surface area contributed by atoms with Gasteiger partial charge in [-0.05, 0) is 19.8 Å². The second kappa shape index (κ2) is 14.3. The first-order valence-electron chi connectivity index (χ1n) is 8.28. The van der Waals surface area contributed by atoms with Gasteiger partial charge in [0.1, 0.15) is 5.78 Å². The van der Waals surface area contributed by atoms with Crippen LogP contribution in [0.5, 0.6) is 0 Å². The number of Topliss-reactive ketones (excluding diaryl/α,β-unsaturated/α-hetero) is 2. The first kappa shape index (κ1) is 27.4. The summed E-state index contributed by atoms with van der Waals surface area (Å²) in [6.07, 6.45) is 2.94. The minimum absolute atomic E-state index is 0.287. The average Bonchev–Trinajstić information content (AvgIpc) is 2.55. The van der Waals surface area contributed by atoms with Gasteiger partial charge in [-0.25, -0.2) is 16.8 Å². The topological polar surface area (TPSA) is 168 Å². The molecule has 0 saturated carbocycles. The van der Waals surface area contributed by atoms with Crippen LogP contribution in [0.4, 0.5) is 0 Å². The fourth-order valence-corrected chi connectivity index (χ4v) is 7.06. The third-order valence-corrected chi connectivity index (χ3v) is 8.41. The summed E-state index contributed by atoms with van der Waals surface area (Å²) in [4.78, 5) is 23.0. The fourth-order valence-electron chi connectivity index (χ4n) is 1.92. The molecule has 2 N–H and O–H groups in total. The Morgan fingerprint density at radius 3 is 1.52 bits per heavy atom. The third kappa shape index (κ3) is 12.2. The van der Waals surface area contributed by atoms with Crippen molar-refractivity contribution >= 4 is 43.7 Å². The van der Waals surface area contributed by atoms with E-state index in [9.17, 15) is 26.4 Å². The van der Waals surface area contributed by atoms with Gasteiger partial charge in [0.05, 0.1) is 30.4 Å². The van der Waals surface area contributed by atoms with Crippen LogP contribution in [0.3, 0.4) is 0 Å². The third-order valence-electron chi connectivity index (χ3n) is 3.10. The number of ketones is 2. The Morgan fingerprint density at radius 1 is 0.889 bits per heavy atom. The molecule has 12 heteroatoms. The molecule has 0 spiro atoms. The SMILES string of the molecule is CCCCS(=O)(=O)C(C(=O)CC(C)=O)S(=O)(=O)CCCC.ON=CC=NO. The number of carbonyl (C=O) groups excluding carboxylic acids is 2. The Bertz CT molecular complexity index is 664. The molecule has 0 unspecified atom stereocenters. The highest BCUT2D eigenvalue weighted by Crippen LogP contribution is 2.18. The fraction of sp³-hybridized carbons (Fsp3) is 0.733. The molecule has 0 aromatic carbocycles. The van der Waals surface area contributed by atoms with Gasteiger partial charge in [-0.15, -0.1) is 0 Å². The van der Waals surface area contributed by atoms with Crippen LogP contribution in [-0.2, 0) is 29.3 Å². The molecule has 0 aromatic rings. The first-order chi connectivity index (χ1) is 12.5. The van der Waals surface area contributed by atoms with E-state index in [2.05, 4.69) is 10.3 Å². The van der Waals surface area contributed by atoms with Crippen molar-refractivity contribution in [2.45, 2.75) is 57.5 Å². The molecule has 0 radical (unpaired) electrons. The van der Waals surface area contributed by atoms with Gasteiger partial charge in [-0.3, -0.25) is 9.59 Å². The summed E-state index contributed by atoms with van der Waals surface area (Å²) in [6.45, 7) is 4.67. The van der Waals surface area contributed by atoms with Crippen LogP contribution >= 0.6 is 0 Å². The van der Waals surface area contributed by atoms with E-state index in [1.165, 1.54) is 0 Å². The molecule has 10 nitrogen and oxygen atoms in total. The van der Waals surface area contributed by atoms with Crippen molar-refractivity contribution in [2.24, 2.45) is 10.3 Å². The maximum Gasteiger partial charge on any atom is 0.220 e. The van der Waals surface area contributed by atoms with Crippen LogP contribution in [-0.4, -0.2) is 67.3 Å². The first-order valence-corrected chi connectivity index (χ1v) is 11.7. The molecular formula is C15H28N2O8S2. The van der Waals surface area contributed by atoms with Gasteiger partial charge in [-0.1, -0.05) is 37.0 Å². The van der Waals surface area contributed by atoms with Crippen molar-refractivity contribution in [1.82, 2.24) is 0 Å². The van der Waals surface area contributed by atoms with Gasteiger partial charge in [0.25, 0.3) is 0 Å². The second-order valence-electron chi connectivity index (χ2n) is 5.65. The molecule has 158 valence electrons. The lowest BCUT2D eigenvalue weighted by molar-refractivity contribution is -0.124. The van der Waals surface area contributed by atoms with Crippen molar-refractivity contribution in [3.8, 4) is 0 Å². The van der Waals surface area contributed by atoms with E-state index < -0.39 is 42.2 Å². The number of carbonyl (C=O) groups is 2. The van der Waals surface area contributed by atoms with Crippen molar-refractivity contribution < 1.29 is 36.8 Å². The zero-order chi connectivity index (χ0) is 21.5. The zero-order valence-electron chi connectivity index (χ0n) is 15.7. The van der Waals surface area contributed by atoms with E-state index in [1.54, 1.807) is 13.8 Å². The van der Waals surface area contributed by atoms with Crippen LogP contribution in [0.2, 0.25) is 0 Å². The summed E-state index contributed by atoms with van der Waals surface area (Å²) < 4.78 is 46.8. The lowest BCUT2D eigenvalue weighted by Crippen LogP contribution is -2.41. The Balaban J connectivity index is 0. The van der Waals surface area contributed by atoms with Crippen LogP contribution in [0.25, 0.3) is 0 Å². The predicted molar refractivity (Wildman–Crippen MR) is 102 cm³/mol. The van der Waals surface area contributed by atoms with Gasteiger partial charge >= 0.3 is 0 Å². The van der Waals surface area contributed by atoms with E-state index in [0.29, 0.717) is 12.8 Å². The highest BCUT2D eigenvalue weighted by Gasteiger charge is 2.42. The Labute approximate surface area is 160 Å². The maximum atomic E-state index is 12.2. The molecular weight excluding hydrogens is 400 g/mol. The molecule has 0 aliphatic rings. The normalized spacial score (nSPS) is 12.3. The molecule has 0 amide bonds. The molecule has 0 rings (SSSR count). The predicted octanol–water partition coefficient (Wildman–Crippen LogP) is 1.20.